The van der Waals surface area contributed by atoms with Gasteiger partial charge >= 0.3 is 0 Å². The van der Waals surface area contributed by atoms with Gasteiger partial charge in [-0.15, -0.1) is 0 Å². The summed E-state index contributed by atoms with van der Waals surface area (Å²) in [5.74, 6) is -0.983. The second kappa shape index (κ2) is 7.59. The lowest BCUT2D eigenvalue weighted by Gasteiger charge is -2.20. The molecule has 0 amide bonds. The summed E-state index contributed by atoms with van der Waals surface area (Å²) in [6.45, 7) is 0. The molecule has 8 nitrogen and oxygen atoms in total. The molecule has 0 aliphatic carbocycles. The van der Waals surface area contributed by atoms with Crippen LogP contribution in [0.25, 0.3) is 10.9 Å². The largest absolute Gasteiger partial charge is 0.361 e. The third kappa shape index (κ3) is 4.22. The number of H-pyrrole nitrogens is 1. The van der Waals surface area contributed by atoms with Gasteiger partial charge in [-0.2, -0.15) is 0 Å². The Labute approximate surface area is 162 Å². The second-order valence-corrected chi connectivity index (χ2v) is 10.2. The summed E-state index contributed by atoms with van der Waals surface area (Å²) in [6.07, 6.45) is 2.80. The average Bonchev–Trinajstić information content (AvgIpc) is 3.04. The molecule has 1 unspecified atom stereocenters. The third-order valence-corrected chi connectivity index (χ3v) is 7.45. The SMILES string of the molecule is CN(C)S(=O)(=O)CC(NS(=O)(=O)c1ccccn1)c1c[nH]c2cc(F)ccc12. The maximum atomic E-state index is 13.5. The van der Waals surface area contributed by atoms with Crippen molar-refractivity contribution in [2.24, 2.45) is 0 Å². The molecule has 2 N–H and O–H groups in total. The monoisotopic (exact) mass is 426 g/mol. The lowest BCUT2D eigenvalue weighted by Crippen LogP contribution is -2.37. The van der Waals surface area contributed by atoms with Gasteiger partial charge in [0.05, 0.1) is 11.8 Å². The number of aromatic amines is 1. The van der Waals surface area contributed by atoms with Gasteiger partial charge in [0.2, 0.25) is 10.0 Å². The Kier molecular flexibility index (Phi) is 5.53. The Balaban J connectivity index is 2.07. The van der Waals surface area contributed by atoms with E-state index in [1.54, 1.807) is 6.07 Å². The first-order valence-corrected chi connectivity index (χ1v) is 11.3. The first kappa shape index (κ1) is 20.4. The zero-order valence-electron chi connectivity index (χ0n) is 15.1. The Hall–Kier alpha value is -2.34. The van der Waals surface area contributed by atoms with Crippen LogP contribution in [-0.2, 0) is 20.0 Å². The van der Waals surface area contributed by atoms with E-state index in [-0.39, 0.29) is 5.03 Å². The summed E-state index contributed by atoms with van der Waals surface area (Å²) in [4.78, 5) is 6.67. The molecular weight excluding hydrogens is 407 g/mol. The van der Waals surface area contributed by atoms with Crippen LogP contribution in [0, 0.1) is 5.82 Å². The minimum absolute atomic E-state index is 0.229. The summed E-state index contributed by atoms with van der Waals surface area (Å²) >= 11 is 0. The highest BCUT2D eigenvalue weighted by atomic mass is 32.2. The van der Waals surface area contributed by atoms with E-state index in [1.165, 1.54) is 56.8 Å². The average molecular weight is 426 g/mol. The van der Waals surface area contributed by atoms with Crippen molar-refractivity contribution in [3.63, 3.8) is 0 Å². The third-order valence-electron chi connectivity index (χ3n) is 4.20. The maximum absolute atomic E-state index is 13.5. The van der Waals surface area contributed by atoms with Crippen molar-refractivity contribution >= 4 is 30.9 Å². The number of hydrogen-bond donors (Lipinski definition) is 2. The van der Waals surface area contributed by atoms with Crippen LogP contribution in [0.1, 0.15) is 11.6 Å². The van der Waals surface area contributed by atoms with E-state index in [9.17, 15) is 21.2 Å². The molecular formula is C17H19FN4O4S2. The van der Waals surface area contributed by atoms with Crippen LogP contribution in [0.4, 0.5) is 4.39 Å². The number of nitrogens with zero attached hydrogens (tertiary/aromatic N) is 2. The Bertz CT molecular complexity index is 1190. The first-order chi connectivity index (χ1) is 13.1. The summed E-state index contributed by atoms with van der Waals surface area (Å²) in [5.41, 5.74) is 0.819. The molecule has 0 spiro atoms. The topological polar surface area (TPSA) is 112 Å². The van der Waals surface area contributed by atoms with Gasteiger partial charge in [0.25, 0.3) is 10.0 Å². The number of nitrogens with one attached hydrogen (secondary N) is 2. The van der Waals surface area contributed by atoms with Crippen LogP contribution in [0.15, 0.2) is 53.8 Å². The van der Waals surface area contributed by atoms with E-state index in [2.05, 4.69) is 14.7 Å². The Morgan fingerprint density at radius 3 is 2.57 bits per heavy atom. The lowest BCUT2D eigenvalue weighted by molar-refractivity contribution is 0.509. The molecule has 2 heterocycles. The fourth-order valence-electron chi connectivity index (χ4n) is 2.71. The van der Waals surface area contributed by atoms with Crippen molar-refractivity contribution in [2.75, 3.05) is 19.8 Å². The molecule has 28 heavy (non-hydrogen) atoms. The number of hydrogen-bond acceptors (Lipinski definition) is 5. The van der Waals surface area contributed by atoms with E-state index >= 15 is 0 Å². The molecule has 2 aromatic heterocycles. The minimum Gasteiger partial charge on any atom is -0.361 e. The van der Waals surface area contributed by atoms with Crippen LogP contribution in [-0.4, -0.2) is 51.0 Å². The van der Waals surface area contributed by atoms with Crippen LogP contribution >= 0.6 is 0 Å². The van der Waals surface area contributed by atoms with Crippen molar-refractivity contribution in [3.8, 4) is 0 Å². The smallest absolute Gasteiger partial charge is 0.258 e. The molecule has 1 aromatic carbocycles. The zero-order valence-corrected chi connectivity index (χ0v) is 16.8. The number of sulfonamides is 2. The highest BCUT2D eigenvalue weighted by Crippen LogP contribution is 2.27. The van der Waals surface area contributed by atoms with E-state index < -0.39 is 37.7 Å². The molecule has 0 bridgehead atoms. The molecule has 0 saturated heterocycles. The van der Waals surface area contributed by atoms with Crippen molar-refractivity contribution in [1.82, 2.24) is 19.0 Å². The van der Waals surface area contributed by atoms with Crippen LogP contribution < -0.4 is 4.72 Å². The predicted molar refractivity (Wildman–Crippen MR) is 103 cm³/mol. The number of benzene rings is 1. The normalized spacial score (nSPS) is 13.9. The molecule has 0 radical (unpaired) electrons. The van der Waals surface area contributed by atoms with Crippen molar-refractivity contribution in [3.05, 3.63) is 60.2 Å². The molecule has 150 valence electrons. The number of rotatable bonds is 7. The van der Waals surface area contributed by atoms with Crippen molar-refractivity contribution in [1.29, 1.82) is 0 Å². The van der Waals surface area contributed by atoms with Gasteiger partial charge in [-0.3, -0.25) is 0 Å². The second-order valence-electron chi connectivity index (χ2n) is 6.34. The van der Waals surface area contributed by atoms with Crippen LogP contribution in [0.2, 0.25) is 0 Å². The molecule has 3 aromatic rings. The maximum Gasteiger partial charge on any atom is 0.258 e. The lowest BCUT2D eigenvalue weighted by atomic mass is 10.1. The van der Waals surface area contributed by atoms with Crippen LogP contribution in [0.5, 0.6) is 0 Å². The number of fused-ring (bicyclic) bond motifs is 1. The van der Waals surface area contributed by atoms with Crippen molar-refractivity contribution < 1.29 is 21.2 Å². The van der Waals surface area contributed by atoms with Gasteiger partial charge in [-0.1, -0.05) is 6.07 Å². The standard InChI is InChI=1S/C17H19FN4O4S2/c1-22(2)27(23,24)11-16(21-28(25,26)17-5-3-4-8-19-17)14-10-20-15-9-12(18)6-7-13(14)15/h3-10,16,20-21H,11H2,1-2H3. The number of aromatic nitrogens is 2. The molecule has 3 rings (SSSR count). The Morgan fingerprint density at radius 1 is 1.18 bits per heavy atom. The molecule has 0 saturated carbocycles. The fraction of sp³-hybridized carbons (Fsp3) is 0.235. The van der Waals surface area contributed by atoms with E-state index in [1.807, 2.05) is 0 Å². The van der Waals surface area contributed by atoms with Gasteiger partial charge in [0.1, 0.15) is 5.82 Å². The Morgan fingerprint density at radius 2 is 1.93 bits per heavy atom. The summed E-state index contributed by atoms with van der Waals surface area (Å²) in [5, 5.41) is 0.289. The highest BCUT2D eigenvalue weighted by molar-refractivity contribution is 7.90. The minimum atomic E-state index is -4.09. The first-order valence-electron chi connectivity index (χ1n) is 8.20. The number of halogens is 1. The van der Waals surface area contributed by atoms with Crippen molar-refractivity contribution in [2.45, 2.75) is 11.1 Å². The van der Waals surface area contributed by atoms with Gasteiger partial charge in [0, 0.05) is 37.4 Å². The fourth-order valence-corrected chi connectivity index (χ4v) is 4.96. The summed E-state index contributed by atoms with van der Waals surface area (Å²) in [7, 11) is -5.12. The molecule has 11 heteroatoms. The van der Waals surface area contributed by atoms with Crippen LogP contribution in [0.3, 0.4) is 0 Å². The van der Waals surface area contributed by atoms with Gasteiger partial charge in [-0.25, -0.2) is 35.2 Å². The highest BCUT2D eigenvalue weighted by Gasteiger charge is 2.29. The number of pyridine rings is 1. The molecule has 0 aliphatic heterocycles. The molecule has 0 fully saturated rings. The van der Waals surface area contributed by atoms with E-state index in [0.717, 1.165) is 4.31 Å². The zero-order chi connectivity index (χ0) is 20.5. The van der Waals surface area contributed by atoms with Gasteiger partial charge < -0.3 is 4.98 Å². The predicted octanol–water partition coefficient (Wildman–Crippen LogP) is 1.61. The van der Waals surface area contributed by atoms with E-state index in [0.29, 0.717) is 16.5 Å². The summed E-state index contributed by atoms with van der Waals surface area (Å²) < 4.78 is 67.3. The molecule has 0 aliphatic rings. The van der Waals surface area contributed by atoms with Gasteiger partial charge in [0.15, 0.2) is 5.03 Å². The molecule has 1 atom stereocenters. The van der Waals surface area contributed by atoms with Gasteiger partial charge in [-0.05, 0) is 35.9 Å². The summed E-state index contributed by atoms with van der Waals surface area (Å²) in [6, 6.07) is 7.24. The van der Waals surface area contributed by atoms with E-state index in [4.69, 9.17) is 0 Å². The quantitative estimate of drug-likeness (QED) is 0.596.